The number of alkyl halides is 2. The second kappa shape index (κ2) is 4.13. The van der Waals surface area contributed by atoms with Crippen molar-refractivity contribution in [2.24, 2.45) is 0 Å². The lowest BCUT2D eigenvalue weighted by molar-refractivity contribution is 0.0677. The SMILES string of the molecule is COc1ccc(C(=O)C(F)F)c(C)n1. The summed E-state index contributed by atoms with van der Waals surface area (Å²) in [5.74, 6) is -0.911. The van der Waals surface area contributed by atoms with Crippen molar-refractivity contribution in [3.8, 4) is 5.88 Å². The van der Waals surface area contributed by atoms with Crippen LogP contribution in [-0.2, 0) is 0 Å². The fraction of sp³-hybridized carbons (Fsp3) is 0.333. The van der Waals surface area contributed by atoms with E-state index in [1.165, 1.54) is 26.2 Å². The van der Waals surface area contributed by atoms with E-state index in [0.29, 0.717) is 5.88 Å². The van der Waals surface area contributed by atoms with Gasteiger partial charge < -0.3 is 4.74 Å². The molecule has 0 N–H and O–H groups in total. The van der Waals surface area contributed by atoms with E-state index in [2.05, 4.69) is 4.98 Å². The molecule has 76 valence electrons. The van der Waals surface area contributed by atoms with Crippen LogP contribution in [0.1, 0.15) is 16.1 Å². The number of rotatable bonds is 3. The van der Waals surface area contributed by atoms with Crippen LogP contribution >= 0.6 is 0 Å². The Kier molecular flexibility index (Phi) is 3.11. The molecule has 0 radical (unpaired) electrons. The van der Waals surface area contributed by atoms with Gasteiger partial charge in [-0.15, -0.1) is 0 Å². The summed E-state index contributed by atoms with van der Waals surface area (Å²) in [7, 11) is 1.41. The first-order valence-corrected chi connectivity index (χ1v) is 3.90. The smallest absolute Gasteiger partial charge is 0.300 e. The number of Topliss-reactive ketones (excluding diaryl/α,β-unsaturated/α-hetero) is 1. The zero-order valence-corrected chi connectivity index (χ0v) is 7.75. The van der Waals surface area contributed by atoms with Crippen LogP contribution < -0.4 is 4.74 Å². The molecule has 1 rings (SSSR count). The Morgan fingerprint density at radius 2 is 2.14 bits per heavy atom. The molecule has 0 bridgehead atoms. The highest BCUT2D eigenvalue weighted by atomic mass is 19.3. The minimum atomic E-state index is -3.00. The summed E-state index contributed by atoms with van der Waals surface area (Å²) >= 11 is 0. The third kappa shape index (κ3) is 2.04. The standard InChI is InChI=1S/C9H9F2NO2/c1-5-6(8(13)9(10)11)3-4-7(12-5)14-2/h3-4,9H,1-2H3. The lowest BCUT2D eigenvalue weighted by Crippen LogP contribution is -2.12. The van der Waals surface area contributed by atoms with Crippen LogP contribution in [0.2, 0.25) is 0 Å². The van der Waals surface area contributed by atoms with Gasteiger partial charge in [0.15, 0.2) is 0 Å². The van der Waals surface area contributed by atoms with Crippen molar-refractivity contribution in [2.45, 2.75) is 13.3 Å². The Labute approximate surface area is 79.7 Å². The zero-order valence-electron chi connectivity index (χ0n) is 7.75. The molecule has 14 heavy (non-hydrogen) atoms. The molecule has 1 aromatic rings. The number of carbonyl (C=O) groups is 1. The van der Waals surface area contributed by atoms with Gasteiger partial charge in [0.25, 0.3) is 0 Å². The third-order valence-corrected chi connectivity index (χ3v) is 1.73. The Hall–Kier alpha value is -1.52. The van der Waals surface area contributed by atoms with Crippen LogP contribution in [0.25, 0.3) is 0 Å². The van der Waals surface area contributed by atoms with Crippen LogP contribution in [0, 0.1) is 6.92 Å². The Morgan fingerprint density at radius 1 is 1.50 bits per heavy atom. The quantitative estimate of drug-likeness (QED) is 0.700. The molecule has 1 aromatic heterocycles. The van der Waals surface area contributed by atoms with Crippen LogP contribution in [0.5, 0.6) is 5.88 Å². The van der Waals surface area contributed by atoms with Crippen molar-refractivity contribution < 1.29 is 18.3 Å². The maximum Gasteiger partial charge on any atom is 0.300 e. The van der Waals surface area contributed by atoms with Gasteiger partial charge in [-0.3, -0.25) is 4.79 Å². The molecule has 0 aliphatic heterocycles. The summed E-state index contributed by atoms with van der Waals surface area (Å²) in [6.45, 7) is 1.48. The van der Waals surface area contributed by atoms with Gasteiger partial charge in [-0.2, -0.15) is 0 Å². The maximum atomic E-state index is 12.1. The first-order chi connectivity index (χ1) is 6.56. The fourth-order valence-electron chi connectivity index (χ4n) is 1.03. The molecular formula is C9H9F2NO2. The molecule has 0 saturated carbocycles. The maximum absolute atomic E-state index is 12.1. The highest BCUT2D eigenvalue weighted by molar-refractivity contribution is 5.99. The fourth-order valence-corrected chi connectivity index (χ4v) is 1.03. The normalized spacial score (nSPS) is 10.4. The Morgan fingerprint density at radius 3 is 2.57 bits per heavy atom. The second-order valence-electron chi connectivity index (χ2n) is 2.65. The molecule has 0 spiro atoms. The summed E-state index contributed by atoms with van der Waals surface area (Å²) in [6, 6.07) is 2.66. The van der Waals surface area contributed by atoms with Gasteiger partial charge in [0.1, 0.15) is 0 Å². The van der Waals surface area contributed by atoms with Crippen molar-refractivity contribution in [3.05, 3.63) is 23.4 Å². The first-order valence-electron chi connectivity index (χ1n) is 3.90. The van der Waals surface area contributed by atoms with E-state index in [4.69, 9.17) is 4.74 Å². The molecular weight excluding hydrogens is 192 g/mol. The molecule has 0 aliphatic carbocycles. The number of methoxy groups -OCH3 is 1. The first kappa shape index (κ1) is 10.6. The number of carbonyl (C=O) groups excluding carboxylic acids is 1. The van der Waals surface area contributed by atoms with E-state index in [-0.39, 0.29) is 11.3 Å². The number of aromatic nitrogens is 1. The van der Waals surface area contributed by atoms with Crippen LogP contribution in [0.3, 0.4) is 0 Å². The van der Waals surface area contributed by atoms with Gasteiger partial charge in [0.05, 0.1) is 12.8 Å². The topological polar surface area (TPSA) is 39.2 Å². The number of aryl methyl sites for hydroxylation is 1. The van der Waals surface area contributed by atoms with Crippen molar-refractivity contribution in [1.29, 1.82) is 0 Å². The monoisotopic (exact) mass is 201 g/mol. The summed E-state index contributed by atoms with van der Waals surface area (Å²) in [6.07, 6.45) is -3.00. The molecule has 0 aromatic carbocycles. The predicted octanol–water partition coefficient (Wildman–Crippen LogP) is 1.85. The predicted molar refractivity (Wildman–Crippen MR) is 45.9 cm³/mol. The molecule has 0 atom stereocenters. The van der Waals surface area contributed by atoms with E-state index in [0.717, 1.165) is 0 Å². The second-order valence-corrected chi connectivity index (χ2v) is 2.65. The number of nitrogens with zero attached hydrogens (tertiary/aromatic N) is 1. The van der Waals surface area contributed by atoms with Crippen molar-refractivity contribution in [2.75, 3.05) is 7.11 Å². The molecule has 0 fully saturated rings. The highest BCUT2D eigenvalue weighted by Crippen LogP contribution is 2.15. The number of hydrogen-bond acceptors (Lipinski definition) is 3. The van der Waals surface area contributed by atoms with Gasteiger partial charge >= 0.3 is 6.43 Å². The Balaban J connectivity index is 3.06. The molecule has 0 saturated heterocycles. The largest absolute Gasteiger partial charge is 0.481 e. The molecule has 0 amide bonds. The number of halogens is 2. The lowest BCUT2D eigenvalue weighted by atomic mass is 10.1. The average molecular weight is 201 g/mol. The minimum absolute atomic E-state index is 0.0687. The molecule has 0 unspecified atom stereocenters. The summed E-state index contributed by atoms with van der Waals surface area (Å²) < 4.78 is 28.9. The van der Waals surface area contributed by atoms with E-state index < -0.39 is 12.2 Å². The molecule has 3 nitrogen and oxygen atoms in total. The van der Waals surface area contributed by atoms with Crippen molar-refractivity contribution >= 4 is 5.78 Å². The lowest BCUT2D eigenvalue weighted by Gasteiger charge is -2.05. The average Bonchev–Trinajstić information content (AvgIpc) is 2.16. The number of pyridine rings is 1. The van der Waals surface area contributed by atoms with E-state index >= 15 is 0 Å². The zero-order chi connectivity index (χ0) is 10.7. The van der Waals surface area contributed by atoms with Gasteiger partial charge in [-0.25, -0.2) is 13.8 Å². The minimum Gasteiger partial charge on any atom is -0.481 e. The van der Waals surface area contributed by atoms with Gasteiger partial charge in [0, 0.05) is 11.6 Å². The summed E-state index contributed by atoms with van der Waals surface area (Å²) in [5.41, 5.74) is 0.176. The number of ketones is 1. The highest BCUT2D eigenvalue weighted by Gasteiger charge is 2.20. The van der Waals surface area contributed by atoms with Gasteiger partial charge in [-0.05, 0) is 13.0 Å². The van der Waals surface area contributed by atoms with Crippen LogP contribution in [0.4, 0.5) is 8.78 Å². The third-order valence-electron chi connectivity index (χ3n) is 1.73. The van der Waals surface area contributed by atoms with E-state index in [1.807, 2.05) is 0 Å². The summed E-state index contributed by atoms with van der Waals surface area (Å²) in [4.78, 5) is 14.8. The number of hydrogen-bond donors (Lipinski definition) is 0. The van der Waals surface area contributed by atoms with Gasteiger partial charge in [0.2, 0.25) is 11.7 Å². The summed E-state index contributed by atoms with van der Waals surface area (Å²) in [5, 5.41) is 0. The van der Waals surface area contributed by atoms with E-state index in [1.54, 1.807) is 0 Å². The van der Waals surface area contributed by atoms with Crippen LogP contribution in [0.15, 0.2) is 12.1 Å². The van der Waals surface area contributed by atoms with Crippen molar-refractivity contribution in [3.63, 3.8) is 0 Å². The van der Waals surface area contributed by atoms with Crippen LogP contribution in [-0.4, -0.2) is 24.3 Å². The molecule has 0 aliphatic rings. The Bertz CT molecular complexity index is 353. The molecule has 1 heterocycles. The van der Waals surface area contributed by atoms with E-state index in [9.17, 15) is 13.6 Å². The van der Waals surface area contributed by atoms with Crippen molar-refractivity contribution in [1.82, 2.24) is 4.98 Å². The van der Waals surface area contributed by atoms with Gasteiger partial charge in [-0.1, -0.05) is 0 Å². The number of ether oxygens (including phenoxy) is 1. The molecule has 5 heteroatoms.